The van der Waals surface area contributed by atoms with Gasteiger partial charge in [-0.2, -0.15) is 0 Å². The normalized spacial score (nSPS) is 12.4. The summed E-state index contributed by atoms with van der Waals surface area (Å²) in [6.07, 6.45) is 4.95. The number of benzene rings is 1. The van der Waals surface area contributed by atoms with Crippen LogP contribution < -0.4 is 5.32 Å². The predicted molar refractivity (Wildman–Crippen MR) is 87.4 cm³/mol. The van der Waals surface area contributed by atoms with E-state index in [1.165, 1.54) is 5.56 Å². The van der Waals surface area contributed by atoms with E-state index in [0.29, 0.717) is 6.04 Å². The smallest absolute Gasteiger partial charge is 0.0330 e. The highest BCUT2D eigenvalue weighted by Gasteiger charge is 2.11. The van der Waals surface area contributed by atoms with Crippen molar-refractivity contribution in [2.75, 3.05) is 26.7 Å². The number of hydrogen-bond acceptors (Lipinski definition) is 2. The fourth-order valence-electron chi connectivity index (χ4n) is 2.13. The maximum atomic E-state index is 3.80. The van der Waals surface area contributed by atoms with Crippen molar-refractivity contribution in [1.82, 2.24) is 10.2 Å². The first-order valence-electron chi connectivity index (χ1n) is 6.58. The number of nitrogens with zero attached hydrogens (tertiary/aromatic N) is 1. The van der Waals surface area contributed by atoms with Gasteiger partial charge in [-0.25, -0.2) is 0 Å². The molecule has 1 rings (SSSR count). The molecule has 0 bridgehead atoms. The molecule has 1 aromatic carbocycles. The molecular formula is C16H23BrN2. The second-order valence-electron chi connectivity index (χ2n) is 4.52. The molecule has 0 aliphatic rings. The van der Waals surface area contributed by atoms with E-state index in [4.69, 9.17) is 0 Å². The summed E-state index contributed by atoms with van der Waals surface area (Å²) >= 11 is 3.52. The quantitative estimate of drug-likeness (QED) is 0.696. The van der Waals surface area contributed by atoms with Crippen molar-refractivity contribution < 1.29 is 0 Å². The molecule has 2 nitrogen and oxygen atoms in total. The van der Waals surface area contributed by atoms with E-state index in [-0.39, 0.29) is 0 Å². The molecule has 19 heavy (non-hydrogen) atoms. The second kappa shape index (κ2) is 9.08. The Morgan fingerprint density at radius 2 is 2.00 bits per heavy atom. The van der Waals surface area contributed by atoms with Crippen molar-refractivity contribution in [2.45, 2.75) is 12.5 Å². The Kier molecular flexibility index (Phi) is 7.72. The zero-order valence-electron chi connectivity index (χ0n) is 11.6. The summed E-state index contributed by atoms with van der Waals surface area (Å²) in [5, 5.41) is 3.39. The lowest BCUT2D eigenvalue weighted by atomic mass is 10.0. The van der Waals surface area contributed by atoms with Crippen molar-refractivity contribution in [3.05, 3.63) is 59.6 Å². The van der Waals surface area contributed by atoms with Crippen LogP contribution in [-0.4, -0.2) is 31.6 Å². The van der Waals surface area contributed by atoms with Crippen molar-refractivity contribution in [3.63, 3.8) is 0 Å². The van der Waals surface area contributed by atoms with Crippen LogP contribution in [0.5, 0.6) is 0 Å². The Bertz CT molecular complexity index is 393. The molecular weight excluding hydrogens is 300 g/mol. The van der Waals surface area contributed by atoms with Gasteiger partial charge in [0, 0.05) is 30.1 Å². The molecule has 1 unspecified atom stereocenters. The average molecular weight is 323 g/mol. The summed E-state index contributed by atoms with van der Waals surface area (Å²) in [5.41, 5.74) is 1.31. The van der Waals surface area contributed by atoms with Crippen LogP contribution in [0.4, 0.5) is 0 Å². The zero-order chi connectivity index (χ0) is 14.1. The third kappa shape index (κ3) is 5.72. The van der Waals surface area contributed by atoms with Gasteiger partial charge >= 0.3 is 0 Å². The summed E-state index contributed by atoms with van der Waals surface area (Å²) in [4.78, 5) is 2.34. The van der Waals surface area contributed by atoms with E-state index < -0.39 is 0 Å². The van der Waals surface area contributed by atoms with Crippen molar-refractivity contribution in [1.29, 1.82) is 0 Å². The first-order chi connectivity index (χ1) is 9.21. The van der Waals surface area contributed by atoms with Crippen LogP contribution in [0.25, 0.3) is 0 Å². The van der Waals surface area contributed by atoms with Gasteiger partial charge in [-0.05, 0) is 31.2 Å². The number of rotatable bonds is 9. The summed E-state index contributed by atoms with van der Waals surface area (Å²) in [6, 6.07) is 8.84. The molecule has 1 aromatic rings. The van der Waals surface area contributed by atoms with Gasteiger partial charge in [0.05, 0.1) is 0 Å². The average Bonchev–Trinajstić information content (AvgIpc) is 2.40. The van der Waals surface area contributed by atoms with Gasteiger partial charge in [0.15, 0.2) is 0 Å². The Morgan fingerprint density at radius 3 is 2.53 bits per heavy atom. The number of hydrogen-bond donors (Lipinski definition) is 1. The van der Waals surface area contributed by atoms with Gasteiger partial charge in [0.1, 0.15) is 0 Å². The lowest BCUT2D eigenvalue weighted by Crippen LogP contribution is -2.28. The SMILES string of the molecule is C=CCN(CC=C)CCC(NC)c1cccc(Br)c1. The van der Waals surface area contributed by atoms with Gasteiger partial charge in [0.2, 0.25) is 0 Å². The lowest BCUT2D eigenvalue weighted by Gasteiger charge is -2.23. The minimum absolute atomic E-state index is 0.370. The fourth-order valence-corrected chi connectivity index (χ4v) is 2.55. The summed E-state index contributed by atoms with van der Waals surface area (Å²) in [7, 11) is 2.01. The molecule has 0 spiro atoms. The van der Waals surface area contributed by atoms with Crippen LogP contribution >= 0.6 is 15.9 Å². The molecule has 3 heteroatoms. The Hall–Kier alpha value is -0.900. The molecule has 0 amide bonds. The third-order valence-electron chi connectivity index (χ3n) is 3.11. The molecule has 104 valence electrons. The van der Waals surface area contributed by atoms with E-state index in [0.717, 1.165) is 30.5 Å². The maximum absolute atomic E-state index is 3.80. The summed E-state index contributed by atoms with van der Waals surface area (Å²) in [5.74, 6) is 0. The van der Waals surface area contributed by atoms with Crippen LogP contribution in [0, 0.1) is 0 Å². The maximum Gasteiger partial charge on any atom is 0.0330 e. The summed E-state index contributed by atoms with van der Waals surface area (Å²) in [6.45, 7) is 10.4. The van der Waals surface area contributed by atoms with Gasteiger partial charge in [-0.15, -0.1) is 13.2 Å². The van der Waals surface area contributed by atoms with Crippen molar-refractivity contribution >= 4 is 15.9 Å². The first-order valence-corrected chi connectivity index (χ1v) is 7.37. The first kappa shape index (κ1) is 16.2. The molecule has 0 saturated carbocycles. The minimum atomic E-state index is 0.370. The standard InChI is InChI=1S/C16H23BrN2/c1-4-10-19(11-5-2)12-9-16(18-3)14-7-6-8-15(17)13-14/h4-8,13,16,18H,1-2,9-12H2,3H3. The largest absolute Gasteiger partial charge is 0.313 e. The van der Waals surface area contributed by atoms with E-state index in [1.807, 2.05) is 19.2 Å². The van der Waals surface area contributed by atoms with Crippen LogP contribution in [-0.2, 0) is 0 Å². The van der Waals surface area contributed by atoms with E-state index >= 15 is 0 Å². The Labute approximate surface area is 125 Å². The van der Waals surface area contributed by atoms with Gasteiger partial charge in [-0.1, -0.05) is 40.2 Å². The monoisotopic (exact) mass is 322 g/mol. The molecule has 0 saturated heterocycles. The summed E-state index contributed by atoms with van der Waals surface area (Å²) < 4.78 is 1.12. The molecule has 0 aromatic heterocycles. The highest BCUT2D eigenvalue weighted by Crippen LogP contribution is 2.20. The number of nitrogens with one attached hydrogen (secondary N) is 1. The van der Waals surface area contributed by atoms with Gasteiger partial charge in [-0.3, -0.25) is 4.90 Å². The third-order valence-corrected chi connectivity index (χ3v) is 3.60. The molecule has 0 heterocycles. The van der Waals surface area contributed by atoms with E-state index in [2.05, 4.69) is 63.6 Å². The lowest BCUT2D eigenvalue weighted by molar-refractivity contribution is 0.311. The van der Waals surface area contributed by atoms with Gasteiger partial charge in [0.25, 0.3) is 0 Å². The Morgan fingerprint density at radius 1 is 1.32 bits per heavy atom. The molecule has 0 radical (unpaired) electrons. The molecule has 0 aliphatic heterocycles. The van der Waals surface area contributed by atoms with Crippen LogP contribution in [0.1, 0.15) is 18.0 Å². The van der Waals surface area contributed by atoms with Crippen molar-refractivity contribution in [2.24, 2.45) is 0 Å². The molecule has 0 fully saturated rings. The fraction of sp³-hybridized carbons (Fsp3) is 0.375. The molecule has 1 N–H and O–H groups in total. The van der Waals surface area contributed by atoms with Crippen molar-refractivity contribution in [3.8, 4) is 0 Å². The van der Waals surface area contributed by atoms with E-state index in [1.54, 1.807) is 0 Å². The number of halogens is 1. The highest BCUT2D eigenvalue weighted by molar-refractivity contribution is 9.10. The minimum Gasteiger partial charge on any atom is -0.313 e. The van der Waals surface area contributed by atoms with Crippen LogP contribution in [0.2, 0.25) is 0 Å². The van der Waals surface area contributed by atoms with Gasteiger partial charge < -0.3 is 5.32 Å². The highest BCUT2D eigenvalue weighted by atomic mass is 79.9. The predicted octanol–water partition coefficient (Wildman–Crippen LogP) is 3.77. The van der Waals surface area contributed by atoms with Crippen LogP contribution in [0.3, 0.4) is 0 Å². The second-order valence-corrected chi connectivity index (χ2v) is 5.44. The van der Waals surface area contributed by atoms with Crippen LogP contribution in [0.15, 0.2) is 54.0 Å². The Balaban J connectivity index is 2.61. The molecule has 0 aliphatic carbocycles. The van der Waals surface area contributed by atoms with E-state index in [9.17, 15) is 0 Å². The molecule has 1 atom stereocenters. The zero-order valence-corrected chi connectivity index (χ0v) is 13.2. The topological polar surface area (TPSA) is 15.3 Å².